The largest absolute Gasteiger partial charge is 0.351 e. The molecule has 1 heterocycles. The van der Waals surface area contributed by atoms with E-state index in [0.29, 0.717) is 6.04 Å². The van der Waals surface area contributed by atoms with Gasteiger partial charge >= 0.3 is 0 Å². The van der Waals surface area contributed by atoms with Crippen molar-refractivity contribution in [1.82, 2.24) is 10.6 Å². The molecular weight excluding hydrogens is 284 g/mol. The van der Waals surface area contributed by atoms with Crippen LogP contribution in [0.15, 0.2) is 18.2 Å². The zero-order chi connectivity index (χ0) is 14.2. The molecule has 1 saturated carbocycles. The lowest BCUT2D eigenvalue weighted by Gasteiger charge is -2.26. The number of aryl methyl sites for hydroxylation is 2. The van der Waals surface area contributed by atoms with Crippen molar-refractivity contribution in [2.45, 2.75) is 51.0 Å². The molecule has 21 heavy (non-hydrogen) atoms. The van der Waals surface area contributed by atoms with Crippen LogP contribution >= 0.6 is 12.4 Å². The van der Waals surface area contributed by atoms with Crippen LogP contribution < -0.4 is 10.6 Å². The van der Waals surface area contributed by atoms with Crippen molar-refractivity contribution in [1.29, 1.82) is 0 Å². The van der Waals surface area contributed by atoms with Crippen molar-refractivity contribution >= 4 is 18.3 Å². The average Bonchev–Trinajstić information content (AvgIpc) is 3.20. The molecule has 0 aromatic heterocycles. The molecule has 0 bridgehead atoms. The van der Waals surface area contributed by atoms with Gasteiger partial charge in [0, 0.05) is 12.6 Å². The van der Waals surface area contributed by atoms with E-state index in [1.54, 1.807) is 0 Å². The van der Waals surface area contributed by atoms with Gasteiger partial charge in [-0.3, -0.25) is 4.79 Å². The summed E-state index contributed by atoms with van der Waals surface area (Å²) in [6.07, 6.45) is 4.23. The Labute approximate surface area is 133 Å². The maximum atomic E-state index is 12.7. The maximum Gasteiger partial charge on any atom is 0.230 e. The summed E-state index contributed by atoms with van der Waals surface area (Å²) in [5.74, 6) is 0.233. The van der Waals surface area contributed by atoms with Crippen molar-refractivity contribution in [3.63, 3.8) is 0 Å². The molecule has 1 atom stereocenters. The van der Waals surface area contributed by atoms with Gasteiger partial charge in [0.05, 0.1) is 5.41 Å². The quantitative estimate of drug-likeness (QED) is 0.901. The van der Waals surface area contributed by atoms with Gasteiger partial charge in [-0.25, -0.2) is 0 Å². The number of hydrogen-bond acceptors (Lipinski definition) is 2. The Morgan fingerprint density at radius 3 is 2.43 bits per heavy atom. The Balaban J connectivity index is 0.00000161. The number of benzene rings is 1. The molecule has 1 amide bonds. The second-order valence-corrected chi connectivity index (χ2v) is 6.48. The zero-order valence-corrected chi connectivity index (χ0v) is 13.7. The van der Waals surface area contributed by atoms with E-state index in [1.165, 1.54) is 16.7 Å². The predicted octanol–water partition coefficient (Wildman–Crippen LogP) is 2.63. The molecule has 1 aliphatic carbocycles. The molecule has 0 unspecified atom stereocenters. The van der Waals surface area contributed by atoms with Gasteiger partial charge in [0.25, 0.3) is 0 Å². The van der Waals surface area contributed by atoms with Gasteiger partial charge in [0.15, 0.2) is 0 Å². The highest BCUT2D eigenvalue weighted by molar-refractivity contribution is 5.91. The molecule has 3 rings (SSSR count). The van der Waals surface area contributed by atoms with Gasteiger partial charge in [0.2, 0.25) is 5.91 Å². The lowest BCUT2D eigenvalue weighted by atomic mass is 9.91. The molecule has 3 nitrogen and oxygen atoms in total. The van der Waals surface area contributed by atoms with E-state index in [1.807, 2.05) is 0 Å². The van der Waals surface area contributed by atoms with E-state index < -0.39 is 0 Å². The first-order valence-electron chi connectivity index (χ1n) is 7.71. The molecule has 1 aliphatic heterocycles. The van der Waals surface area contributed by atoms with E-state index >= 15 is 0 Å². The van der Waals surface area contributed by atoms with Gasteiger partial charge in [-0.05, 0) is 51.6 Å². The Bertz CT molecular complexity index is 499. The molecular formula is C17H25ClN2O. The first-order valence-corrected chi connectivity index (χ1v) is 7.71. The fraction of sp³-hybridized carbons (Fsp3) is 0.588. The van der Waals surface area contributed by atoms with E-state index in [2.05, 4.69) is 42.7 Å². The number of carbonyl (C=O) groups is 1. The summed E-state index contributed by atoms with van der Waals surface area (Å²) in [6.45, 7) is 6.20. The van der Waals surface area contributed by atoms with Crippen molar-refractivity contribution in [3.05, 3.63) is 34.9 Å². The second-order valence-electron chi connectivity index (χ2n) is 6.48. The standard InChI is InChI=1S/C17H24N2O.ClH/c1-12-8-13(2)10-14(9-12)17(5-6-17)16(20)19-15-4-3-7-18-11-15;/h8-10,15,18H,3-7,11H2,1-2H3,(H,19,20);1H/t15-;/m0./s1. The Morgan fingerprint density at radius 2 is 1.90 bits per heavy atom. The van der Waals surface area contributed by atoms with Crippen LogP contribution in [0, 0.1) is 13.8 Å². The SMILES string of the molecule is Cc1cc(C)cc(C2(C(=O)N[C@H]3CCCNC3)CC2)c1.Cl. The first kappa shape index (κ1) is 16.3. The zero-order valence-electron chi connectivity index (χ0n) is 12.9. The summed E-state index contributed by atoms with van der Waals surface area (Å²) in [7, 11) is 0. The number of nitrogens with one attached hydrogen (secondary N) is 2. The number of rotatable bonds is 3. The van der Waals surface area contributed by atoms with Crippen LogP contribution in [-0.4, -0.2) is 25.0 Å². The smallest absolute Gasteiger partial charge is 0.230 e. The fourth-order valence-electron chi connectivity index (χ4n) is 3.32. The van der Waals surface area contributed by atoms with Gasteiger partial charge in [0.1, 0.15) is 0 Å². The summed E-state index contributed by atoms with van der Waals surface area (Å²) >= 11 is 0. The Kier molecular flexibility index (Phi) is 4.95. The summed E-state index contributed by atoms with van der Waals surface area (Å²) in [6, 6.07) is 6.83. The molecule has 1 saturated heterocycles. The molecule has 2 fully saturated rings. The van der Waals surface area contributed by atoms with Crippen LogP contribution in [0.5, 0.6) is 0 Å². The van der Waals surface area contributed by atoms with Crippen LogP contribution in [-0.2, 0) is 10.2 Å². The molecule has 4 heteroatoms. The molecule has 1 aromatic rings. The third-order valence-corrected chi connectivity index (χ3v) is 4.59. The van der Waals surface area contributed by atoms with Gasteiger partial charge in [-0.15, -0.1) is 12.4 Å². The van der Waals surface area contributed by atoms with E-state index in [0.717, 1.165) is 38.8 Å². The van der Waals surface area contributed by atoms with E-state index in [9.17, 15) is 4.79 Å². The van der Waals surface area contributed by atoms with Crippen molar-refractivity contribution in [2.24, 2.45) is 0 Å². The van der Waals surface area contributed by atoms with Crippen LogP contribution in [0.1, 0.15) is 42.4 Å². The predicted molar refractivity (Wildman–Crippen MR) is 88.1 cm³/mol. The monoisotopic (exact) mass is 308 g/mol. The Morgan fingerprint density at radius 1 is 1.24 bits per heavy atom. The molecule has 116 valence electrons. The maximum absolute atomic E-state index is 12.7. The van der Waals surface area contributed by atoms with Gasteiger partial charge in [-0.1, -0.05) is 29.3 Å². The highest BCUT2D eigenvalue weighted by atomic mass is 35.5. The van der Waals surface area contributed by atoms with E-state index in [4.69, 9.17) is 0 Å². The minimum atomic E-state index is -0.242. The number of piperidine rings is 1. The first-order chi connectivity index (χ1) is 9.60. The van der Waals surface area contributed by atoms with Crippen LogP contribution in [0.25, 0.3) is 0 Å². The molecule has 0 spiro atoms. The van der Waals surface area contributed by atoms with Crippen molar-refractivity contribution in [3.8, 4) is 0 Å². The highest BCUT2D eigenvalue weighted by Crippen LogP contribution is 2.49. The van der Waals surface area contributed by atoms with Crippen LogP contribution in [0.3, 0.4) is 0 Å². The lowest BCUT2D eigenvalue weighted by molar-refractivity contribution is -0.124. The second kappa shape index (κ2) is 6.37. The molecule has 2 N–H and O–H groups in total. The van der Waals surface area contributed by atoms with Crippen molar-refractivity contribution in [2.75, 3.05) is 13.1 Å². The highest BCUT2D eigenvalue weighted by Gasteiger charge is 2.51. The Hall–Kier alpha value is -1.06. The number of amides is 1. The number of carbonyl (C=O) groups excluding carboxylic acids is 1. The third kappa shape index (κ3) is 3.41. The minimum Gasteiger partial charge on any atom is -0.351 e. The number of halogens is 1. The van der Waals surface area contributed by atoms with E-state index in [-0.39, 0.29) is 23.7 Å². The fourth-order valence-corrected chi connectivity index (χ4v) is 3.32. The molecule has 0 radical (unpaired) electrons. The average molecular weight is 309 g/mol. The van der Waals surface area contributed by atoms with Crippen molar-refractivity contribution < 1.29 is 4.79 Å². The van der Waals surface area contributed by atoms with Gasteiger partial charge in [-0.2, -0.15) is 0 Å². The summed E-state index contributed by atoms with van der Waals surface area (Å²) < 4.78 is 0. The molecule has 2 aliphatic rings. The lowest BCUT2D eigenvalue weighted by Crippen LogP contribution is -2.48. The summed E-state index contributed by atoms with van der Waals surface area (Å²) in [5, 5.41) is 6.61. The minimum absolute atomic E-state index is 0. The number of hydrogen-bond donors (Lipinski definition) is 2. The normalized spacial score (nSPS) is 23.0. The van der Waals surface area contributed by atoms with Gasteiger partial charge < -0.3 is 10.6 Å². The summed E-state index contributed by atoms with van der Waals surface area (Å²) in [4.78, 5) is 12.7. The van der Waals surface area contributed by atoms with Crippen LogP contribution in [0.4, 0.5) is 0 Å². The van der Waals surface area contributed by atoms with Crippen LogP contribution in [0.2, 0.25) is 0 Å². The third-order valence-electron chi connectivity index (χ3n) is 4.59. The summed E-state index contributed by atoms with van der Waals surface area (Å²) in [5.41, 5.74) is 3.46. The topological polar surface area (TPSA) is 41.1 Å². The molecule has 1 aromatic carbocycles.